The number of carbonyl (C=O) groups is 1. The Balaban J connectivity index is 2.38. The van der Waals surface area contributed by atoms with E-state index in [1.54, 1.807) is 19.1 Å². The van der Waals surface area contributed by atoms with Crippen molar-refractivity contribution in [3.63, 3.8) is 0 Å². The van der Waals surface area contributed by atoms with E-state index in [1.807, 2.05) is 6.07 Å². The maximum atomic E-state index is 12.1. The fraction of sp³-hybridized carbons (Fsp3) is 0.533. The molecule has 5 nitrogen and oxygen atoms in total. The molecule has 0 aromatic heterocycles. The SMILES string of the molecule is CCOC(=O)c1cc(N)ccc1N1CCC(C)C1CO. The van der Waals surface area contributed by atoms with Gasteiger partial charge in [0.1, 0.15) is 0 Å². The minimum atomic E-state index is -0.369. The lowest BCUT2D eigenvalue weighted by Gasteiger charge is -2.29. The van der Waals surface area contributed by atoms with Crippen LogP contribution in [0.4, 0.5) is 11.4 Å². The number of hydrogen-bond acceptors (Lipinski definition) is 5. The Labute approximate surface area is 119 Å². The number of nitrogens with two attached hydrogens (primary N) is 1. The van der Waals surface area contributed by atoms with Gasteiger partial charge in [0.2, 0.25) is 0 Å². The van der Waals surface area contributed by atoms with Gasteiger partial charge in [-0.05, 0) is 37.5 Å². The van der Waals surface area contributed by atoms with Gasteiger partial charge in [0.05, 0.1) is 30.5 Å². The average molecular weight is 278 g/mol. The van der Waals surface area contributed by atoms with Crippen molar-refractivity contribution in [1.82, 2.24) is 0 Å². The molecule has 110 valence electrons. The van der Waals surface area contributed by atoms with Crippen LogP contribution in [0.1, 0.15) is 30.6 Å². The van der Waals surface area contributed by atoms with Gasteiger partial charge in [-0.15, -0.1) is 0 Å². The first kappa shape index (κ1) is 14.7. The van der Waals surface area contributed by atoms with Crippen LogP contribution in [-0.4, -0.2) is 36.9 Å². The van der Waals surface area contributed by atoms with E-state index in [9.17, 15) is 9.90 Å². The van der Waals surface area contributed by atoms with Crippen LogP contribution in [0.5, 0.6) is 0 Å². The van der Waals surface area contributed by atoms with E-state index in [4.69, 9.17) is 10.5 Å². The van der Waals surface area contributed by atoms with E-state index in [0.717, 1.165) is 18.7 Å². The monoisotopic (exact) mass is 278 g/mol. The molecule has 2 rings (SSSR count). The number of carbonyl (C=O) groups excluding carboxylic acids is 1. The second-order valence-electron chi connectivity index (χ2n) is 5.21. The largest absolute Gasteiger partial charge is 0.462 e. The van der Waals surface area contributed by atoms with Crippen LogP contribution in [0.25, 0.3) is 0 Å². The van der Waals surface area contributed by atoms with Crippen LogP contribution in [0.2, 0.25) is 0 Å². The third kappa shape index (κ3) is 2.72. The molecule has 5 heteroatoms. The molecule has 1 aliphatic heterocycles. The molecule has 20 heavy (non-hydrogen) atoms. The summed E-state index contributed by atoms with van der Waals surface area (Å²) in [5, 5.41) is 9.57. The van der Waals surface area contributed by atoms with Gasteiger partial charge < -0.3 is 20.5 Å². The molecule has 0 amide bonds. The number of esters is 1. The first-order chi connectivity index (χ1) is 9.58. The maximum Gasteiger partial charge on any atom is 0.340 e. The van der Waals surface area contributed by atoms with E-state index in [2.05, 4.69) is 11.8 Å². The zero-order valence-electron chi connectivity index (χ0n) is 12.0. The Morgan fingerprint density at radius 3 is 2.95 bits per heavy atom. The quantitative estimate of drug-likeness (QED) is 0.647. The molecule has 1 aromatic rings. The summed E-state index contributed by atoms with van der Waals surface area (Å²) in [6.45, 7) is 5.12. The summed E-state index contributed by atoms with van der Waals surface area (Å²) in [7, 11) is 0. The Morgan fingerprint density at radius 2 is 2.30 bits per heavy atom. The summed E-state index contributed by atoms with van der Waals surface area (Å²) >= 11 is 0. The lowest BCUT2D eigenvalue weighted by atomic mass is 10.0. The van der Waals surface area contributed by atoms with Gasteiger partial charge in [0.25, 0.3) is 0 Å². The van der Waals surface area contributed by atoms with Crippen molar-refractivity contribution < 1.29 is 14.6 Å². The molecular formula is C15H22N2O3. The van der Waals surface area contributed by atoms with Gasteiger partial charge in [-0.1, -0.05) is 6.92 Å². The number of anilines is 2. The number of ether oxygens (including phenoxy) is 1. The van der Waals surface area contributed by atoms with Gasteiger partial charge in [-0.3, -0.25) is 0 Å². The van der Waals surface area contributed by atoms with E-state index < -0.39 is 0 Å². The minimum absolute atomic E-state index is 0.0341. The Morgan fingerprint density at radius 1 is 1.55 bits per heavy atom. The predicted octanol–water partition coefficient (Wildman–Crippen LogP) is 1.65. The molecule has 1 aromatic carbocycles. The Bertz CT molecular complexity index is 490. The lowest BCUT2D eigenvalue weighted by molar-refractivity contribution is 0.0527. The molecule has 1 heterocycles. The molecule has 1 saturated heterocycles. The van der Waals surface area contributed by atoms with Crippen LogP contribution < -0.4 is 10.6 Å². The van der Waals surface area contributed by atoms with Gasteiger partial charge in [-0.25, -0.2) is 4.79 Å². The lowest BCUT2D eigenvalue weighted by Crippen LogP contribution is -2.36. The van der Waals surface area contributed by atoms with Gasteiger partial charge in [0, 0.05) is 12.2 Å². The van der Waals surface area contributed by atoms with E-state index in [1.165, 1.54) is 0 Å². The molecule has 3 N–H and O–H groups in total. The number of nitrogen functional groups attached to an aromatic ring is 1. The highest BCUT2D eigenvalue weighted by Gasteiger charge is 2.32. The highest BCUT2D eigenvalue weighted by molar-refractivity contribution is 5.97. The summed E-state index contributed by atoms with van der Waals surface area (Å²) < 4.78 is 5.10. The van der Waals surface area contributed by atoms with Crippen LogP contribution in [0, 0.1) is 5.92 Å². The summed E-state index contributed by atoms with van der Waals surface area (Å²) in [6, 6.07) is 5.29. The number of rotatable bonds is 4. The van der Waals surface area contributed by atoms with E-state index in [-0.39, 0.29) is 18.6 Å². The zero-order valence-corrected chi connectivity index (χ0v) is 12.0. The van der Waals surface area contributed by atoms with E-state index >= 15 is 0 Å². The van der Waals surface area contributed by atoms with Gasteiger partial charge in [0.15, 0.2) is 0 Å². The Kier molecular flexibility index (Phi) is 4.49. The highest BCUT2D eigenvalue weighted by Crippen LogP contribution is 2.33. The Hall–Kier alpha value is -1.75. The third-order valence-electron chi connectivity index (χ3n) is 3.89. The second kappa shape index (κ2) is 6.13. The van der Waals surface area contributed by atoms with Crippen molar-refractivity contribution in [3.8, 4) is 0 Å². The molecule has 0 saturated carbocycles. The van der Waals surface area contributed by atoms with Crippen LogP contribution >= 0.6 is 0 Å². The van der Waals surface area contributed by atoms with Gasteiger partial charge in [-0.2, -0.15) is 0 Å². The normalized spacial score (nSPS) is 22.1. The second-order valence-corrected chi connectivity index (χ2v) is 5.21. The molecular weight excluding hydrogens is 256 g/mol. The van der Waals surface area contributed by atoms with Gasteiger partial charge >= 0.3 is 5.97 Å². The highest BCUT2D eigenvalue weighted by atomic mass is 16.5. The molecule has 2 unspecified atom stereocenters. The summed E-state index contributed by atoms with van der Waals surface area (Å²) in [5.74, 6) is 0.0265. The maximum absolute atomic E-state index is 12.1. The molecule has 2 atom stereocenters. The molecule has 0 spiro atoms. The average Bonchev–Trinajstić information content (AvgIpc) is 2.80. The van der Waals surface area contributed by atoms with Crippen molar-refractivity contribution in [1.29, 1.82) is 0 Å². The summed E-state index contributed by atoms with van der Waals surface area (Å²) in [5.41, 5.74) is 7.58. The van der Waals surface area contributed by atoms with Crippen LogP contribution in [0.3, 0.4) is 0 Å². The van der Waals surface area contributed by atoms with Crippen LogP contribution in [0.15, 0.2) is 18.2 Å². The fourth-order valence-corrected chi connectivity index (χ4v) is 2.76. The van der Waals surface area contributed by atoms with Crippen molar-refractivity contribution in [2.75, 3.05) is 30.4 Å². The number of nitrogens with zero attached hydrogens (tertiary/aromatic N) is 1. The molecule has 0 radical (unpaired) electrons. The number of aliphatic hydroxyl groups is 1. The number of benzene rings is 1. The molecule has 0 bridgehead atoms. The third-order valence-corrected chi connectivity index (χ3v) is 3.89. The molecule has 1 fully saturated rings. The fourth-order valence-electron chi connectivity index (χ4n) is 2.76. The minimum Gasteiger partial charge on any atom is -0.462 e. The number of aliphatic hydroxyl groups excluding tert-OH is 1. The predicted molar refractivity (Wildman–Crippen MR) is 78.8 cm³/mol. The summed E-state index contributed by atoms with van der Waals surface area (Å²) in [6.07, 6.45) is 0.998. The smallest absolute Gasteiger partial charge is 0.340 e. The molecule has 1 aliphatic rings. The van der Waals surface area contributed by atoms with Crippen molar-refractivity contribution in [2.24, 2.45) is 5.92 Å². The van der Waals surface area contributed by atoms with E-state index in [0.29, 0.717) is 23.8 Å². The standard InChI is InChI=1S/C15H22N2O3/c1-3-20-15(19)12-8-11(16)4-5-13(12)17-7-6-10(2)14(17)9-18/h4-5,8,10,14,18H,3,6-7,9,16H2,1-2H3. The first-order valence-electron chi connectivity index (χ1n) is 7.02. The van der Waals surface area contributed by atoms with Crippen LogP contribution in [-0.2, 0) is 4.74 Å². The number of hydrogen-bond donors (Lipinski definition) is 2. The summed E-state index contributed by atoms with van der Waals surface area (Å²) in [4.78, 5) is 14.2. The molecule has 0 aliphatic carbocycles. The van der Waals surface area contributed by atoms with Crippen molar-refractivity contribution >= 4 is 17.3 Å². The van der Waals surface area contributed by atoms with Crippen molar-refractivity contribution in [2.45, 2.75) is 26.3 Å². The topological polar surface area (TPSA) is 75.8 Å². The zero-order chi connectivity index (χ0) is 14.7. The first-order valence-corrected chi connectivity index (χ1v) is 7.02. The van der Waals surface area contributed by atoms with Crippen molar-refractivity contribution in [3.05, 3.63) is 23.8 Å².